The van der Waals surface area contributed by atoms with Crippen molar-refractivity contribution in [1.82, 2.24) is 5.32 Å². The average molecular weight is 267 g/mol. The van der Waals surface area contributed by atoms with Gasteiger partial charge in [0.1, 0.15) is 5.41 Å². The second-order valence-electron chi connectivity index (χ2n) is 6.18. The summed E-state index contributed by atoms with van der Waals surface area (Å²) in [5.41, 5.74) is -1.03. The Labute approximate surface area is 112 Å². The zero-order valence-electron chi connectivity index (χ0n) is 11.3. The summed E-state index contributed by atoms with van der Waals surface area (Å²) in [5, 5.41) is 12.1. The van der Waals surface area contributed by atoms with Crippen molar-refractivity contribution in [2.45, 2.75) is 57.6 Å². The van der Waals surface area contributed by atoms with Crippen LogP contribution in [0.5, 0.6) is 0 Å². The van der Waals surface area contributed by atoms with E-state index in [2.05, 4.69) is 5.32 Å². The summed E-state index contributed by atoms with van der Waals surface area (Å²) in [4.78, 5) is 23.3. The van der Waals surface area contributed by atoms with Gasteiger partial charge < -0.3 is 15.2 Å². The molecule has 0 bridgehead atoms. The molecule has 5 nitrogen and oxygen atoms in total. The lowest BCUT2D eigenvalue weighted by Crippen LogP contribution is -2.68. The summed E-state index contributed by atoms with van der Waals surface area (Å²) in [7, 11) is 0. The molecule has 0 saturated heterocycles. The Morgan fingerprint density at radius 2 is 2.00 bits per heavy atom. The standard InChI is InChI=1S/C14H21NO4/c1-2-19-10-8-9(13(10)4-3-5-13)15-11(16)14(6-7-14)12(17)18/h9-10H,2-8H2,1H3,(H,15,16)(H,17,18). The number of ether oxygens (including phenoxy) is 1. The van der Waals surface area contributed by atoms with Crippen LogP contribution < -0.4 is 5.32 Å². The molecule has 3 saturated carbocycles. The third-order valence-corrected chi connectivity index (χ3v) is 5.34. The quantitative estimate of drug-likeness (QED) is 0.736. The van der Waals surface area contributed by atoms with E-state index >= 15 is 0 Å². The molecule has 0 aromatic heterocycles. The molecule has 3 aliphatic rings. The summed E-state index contributed by atoms with van der Waals surface area (Å²) in [5.74, 6) is -1.26. The third-order valence-electron chi connectivity index (χ3n) is 5.34. The summed E-state index contributed by atoms with van der Waals surface area (Å²) in [6, 6.07) is 0.113. The fourth-order valence-corrected chi connectivity index (χ4v) is 3.60. The number of carbonyl (C=O) groups is 2. The highest BCUT2D eigenvalue weighted by Crippen LogP contribution is 2.58. The molecule has 3 aliphatic carbocycles. The van der Waals surface area contributed by atoms with Crippen LogP contribution in [0.1, 0.15) is 45.4 Å². The fourth-order valence-electron chi connectivity index (χ4n) is 3.60. The van der Waals surface area contributed by atoms with Crippen molar-refractivity contribution >= 4 is 11.9 Å². The molecule has 3 fully saturated rings. The van der Waals surface area contributed by atoms with Crippen LogP contribution in [0, 0.1) is 10.8 Å². The molecule has 2 N–H and O–H groups in total. The van der Waals surface area contributed by atoms with E-state index in [9.17, 15) is 9.59 Å². The van der Waals surface area contributed by atoms with Crippen molar-refractivity contribution in [1.29, 1.82) is 0 Å². The first kappa shape index (κ1) is 12.9. The summed E-state index contributed by atoms with van der Waals surface area (Å²) in [6.07, 6.45) is 5.38. The highest BCUT2D eigenvalue weighted by Gasteiger charge is 2.62. The number of aliphatic carboxylic acids is 1. The highest BCUT2D eigenvalue weighted by molar-refractivity contribution is 6.05. The van der Waals surface area contributed by atoms with Crippen LogP contribution in [-0.4, -0.2) is 35.7 Å². The maximum Gasteiger partial charge on any atom is 0.319 e. The summed E-state index contributed by atoms with van der Waals surface area (Å²) in [6.45, 7) is 2.69. The average Bonchev–Trinajstić information content (AvgIpc) is 3.05. The first-order valence-electron chi connectivity index (χ1n) is 7.21. The fraction of sp³-hybridized carbons (Fsp3) is 0.857. The summed E-state index contributed by atoms with van der Waals surface area (Å²) >= 11 is 0. The van der Waals surface area contributed by atoms with Gasteiger partial charge in [0.25, 0.3) is 0 Å². The SMILES string of the molecule is CCOC1CC(NC(=O)C2(C(=O)O)CC2)C12CCC2. The van der Waals surface area contributed by atoms with Crippen molar-refractivity contribution < 1.29 is 19.4 Å². The van der Waals surface area contributed by atoms with Crippen LogP contribution in [0.3, 0.4) is 0 Å². The number of hydrogen-bond acceptors (Lipinski definition) is 3. The number of hydrogen-bond donors (Lipinski definition) is 2. The van der Waals surface area contributed by atoms with Gasteiger partial charge in [0.2, 0.25) is 5.91 Å². The van der Waals surface area contributed by atoms with Gasteiger partial charge in [-0.15, -0.1) is 0 Å². The highest BCUT2D eigenvalue weighted by atomic mass is 16.5. The van der Waals surface area contributed by atoms with E-state index < -0.39 is 11.4 Å². The first-order valence-corrected chi connectivity index (χ1v) is 7.21. The van der Waals surface area contributed by atoms with Crippen LogP contribution in [-0.2, 0) is 14.3 Å². The molecule has 0 aliphatic heterocycles. The zero-order valence-corrected chi connectivity index (χ0v) is 11.3. The van der Waals surface area contributed by atoms with Crippen LogP contribution in [0.4, 0.5) is 0 Å². The van der Waals surface area contributed by atoms with E-state index in [1.807, 2.05) is 6.92 Å². The smallest absolute Gasteiger partial charge is 0.319 e. The van der Waals surface area contributed by atoms with Gasteiger partial charge >= 0.3 is 5.97 Å². The topological polar surface area (TPSA) is 75.6 Å². The van der Waals surface area contributed by atoms with Gasteiger partial charge in [-0.2, -0.15) is 0 Å². The lowest BCUT2D eigenvalue weighted by atomic mass is 9.51. The molecule has 0 heterocycles. The second kappa shape index (κ2) is 4.20. The molecule has 0 aromatic rings. The Kier molecular flexibility index (Phi) is 2.85. The number of carbonyl (C=O) groups excluding carboxylic acids is 1. The van der Waals surface area contributed by atoms with Gasteiger partial charge in [-0.3, -0.25) is 9.59 Å². The van der Waals surface area contributed by atoms with Crippen molar-refractivity contribution in [3.63, 3.8) is 0 Å². The number of rotatable bonds is 5. The number of carboxylic acid groups (broad SMARTS) is 1. The van der Waals surface area contributed by atoms with Crippen LogP contribution in [0.25, 0.3) is 0 Å². The molecule has 1 amide bonds. The molecule has 2 atom stereocenters. The minimum absolute atomic E-state index is 0.0975. The largest absolute Gasteiger partial charge is 0.480 e. The monoisotopic (exact) mass is 267 g/mol. The molecule has 2 unspecified atom stereocenters. The zero-order chi connectivity index (χ0) is 13.7. The third kappa shape index (κ3) is 1.71. The predicted octanol–water partition coefficient (Wildman–Crippen LogP) is 1.32. The molecule has 0 aromatic carbocycles. The van der Waals surface area contributed by atoms with Crippen molar-refractivity contribution in [2.75, 3.05) is 6.61 Å². The van der Waals surface area contributed by atoms with E-state index in [0.717, 1.165) is 19.3 Å². The Balaban J connectivity index is 1.63. The summed E-state index contributed by atoms with van der Waals surface area (Å²) < 4.78 is 5.73. The molecule has 1 spiro atoms. The van der Waals surface area contributed by atoms with E-state index in [1.165, 1.54) is 6.42 Å². The van der Waals surface area contributed by atoms with E-state index in [1.54, 1.807) is 0 Å². The number of amides is 1. The van der Waals surface area contributed by atoms with Crippen LogP contribution >= 0.6 is 0 Å². The minimum Gasteiger partial charge on any atom is -0.480 e. The van der Waals surface area contributed by atoms with Gasteiger partial charge in [-0.1, -0.05) is 6.42 Å². The first-order chi connectivity index (χ1) is 9.05. The van der Waals surface area contributed by atoms with Crippen molar-refractivity contribution in [3.8, 4) is 0 Å². The van der Waals surface area contributed by atoms with Crippen molar-refractivity contribution in [3.05, 3.63) is 0 Å². The maximum atomic E-state index is 12.1. The van der Waals surface area contributed by atoms with Crippen molar-refractivity contribution in [2.24, 2.45) is 10.8 Å². The number of carboxylic acids is 1. The van der Waals surface area contributed by atoms with E-state index in [0.29, 0.717) is 19.4 Å². The lowest BCUT2D eigenvalue weighted by Gasteiger charge is -2.61. The molecule has 5 heteroatoms. The Morgan fingerprint density at radius 1 is 1.32 bits per heavy atom. The molecular formula is C14H21NO4. The van der Waals surface area contributed by atoms with E-state index in [4.69, 9.17) is 9.84 Å². The second-order valence-corrected chi connectivity index (χ2v) is 6.18. The Bertz CT molecular complexity index is 412. The van der Waals surface area contributed by atoms with Gasteiger partial charge in [0, 0.05) is 18.1 Å². The molecular weight excluding hydrogens is 246 g/mol. The van der Waals surface area contributed by atoms with Gasteiger partial charge in [-0.25, -0.2) is 0 Å². The lowest BCUT2D eigenvalue weighted by molar-refractivity contribution is -0.178. The van der Waals surface area contributed by atoms with Gasteiger partial charge in [0.05, 0.1) is 6.10 Å². The molecule has 0 radical (unpaired) electrons. The molecule has 106 valence electrons. The van der Waals surface area contributed by atoms with Crippen LogP contribution in [0.15, 0.2) is 0 Å². The van der Waals surface area contributed by atoms with Gasteiger partial charge in [0.15, 0.2) is 0 Å². The molecule has 19 heavy (non-hydrogen) atoms. The van der Waals surface area contributed by atoms with E-state index in [-0.39, 0.29) is 23.5 Å². The number of nitrogens with one attached hydrogen (secondary N) is 1. The van der Waals surface area contributed by atoms with Crippen LogP contribution in [0.2, 0.25) is 0 Å². The Hall–Kier alpha value is -1.10. The molecule has 3 rings (SSSR count). The normalized spacial score (nSPS) is 33.1. The predicted molar refractivity (Wildman–Crippen MR) is 67.5 cm³/mol. The Morgan fingerprint density at radius 3 is 2.42 bits per heavy atom. The maximum absolute atomic E-state index is 12.1. The minimum atomic E-state index is -1.12. The van der Waals surface area contributed by atoms with Gasteiger partial charge in [-0.05, 0) is 39.0 Å².